The van der Waals surface area contributed by atoms with Crippen LogP contribution >= 0.6 is 0 Å². The topological polar surface area (TPSA) is 17.1 Å². The molecule has 0 aromatic heterocycles. The minimum Gasteiger partial charge on any atom is -0.281 e. The largest absolute Gasteiger partial charge is 0.281 e. The normalized spacial score (nSPS) is 13.7. The van der Waals surface area contributed by atoms with Gasteiger partial charge in [-0.3, -0.25) is 4.21 Å². The summed E-state index contributed by atoms with van der Waals surface area (Å²) in [4.78, 5) is 0.848. The van der Waals surface area contributed by atoms with Crippen LogP contribution in [-0.2, 0) is 9.93 Å². The number of thiol groups is 1. The molecule has 2 heteroatoms. The Bertz CT molecular complexity index is 170. The highest BCUT2D eigenvalue weighted by Gasteiger charge is 2.10. The zero-order valence-electron chi connectivity index (χ0n) is 7.35. The van der Waals surface area contributed by atoms with Crippen molar-refractivity contribution in [3.05, 3.63) is 11.5 Å². The molecule has 0 fully saturated rings. The molecule has 0 rings (SSSR count). The average Bonchev–Trinajstić information content (AvgIpc) is 1.60. The van der Waals surface area contributed by atoms with E-state index in [0.29, 0.717) is 5.92 Å². The van der Waals surface area contributed by atoms with Crippen molar-refractivity contribution in [2.75, 3.05) is 12.0 Å². The molecule has 10 heavy (non-hydrogen) atoms. The quantitative estimate of drug-likeness (QED) is 0.626. The van der Waals surface area contributed by atoms with Crippen molar-refractivity contribution in [1.82, 2.24) is 0 Å². The van der Waals surface area contributed by atoms with Crippen LogP contribution in [0.15, 0.2) is 11.5 Å². The van der Waals surface area contributed by atoms with Crippen molar-refractivity contribution in [3.63, 3.8) is 0 Å². The molecule has 0 aliphatic rings. The van der Waals surface area contributed by atoms with E-state index in [1.165, 1.54) is 0 Å². The number of hydrogen-bond donors (Lipinski definition) is 1. The standard InChI is InChI=1S/C8H18OS/c1-7(2)6-10(5,9)8(3)4/h7,10H,3,6H2,1-2,4-5H3. The van der Waals surface area contributed by atoms with Crippen LogP contribution in [0.2, 0.25) is 0 Å². The van der Waals surface area contributed by atoms with Crippen LogP contribution in [0, 0.1) is 5.92 Å². The number of allylic oxidation sites excluding steroid dienone is 1. The van der Waals surface area contributed by atoms with Gasteiger partial charge in [0.1, 0.15) is 0 Å². The second kappa shape index (κ2) is 3.33. The fraction of sp³-hybridized carbons (Fsp3) is 0.750. The highest BCUT2D eigenvalue weighted by atomic mass is 32.2. The molecule has 0 aromatic carbocycles. The summed E-state index contributed by atoms with van der Waals surface area (Å²) in [5.74, 6) is 1.30. The summed E-state index contributed by atoms with van der Waals surface area (Å²) in [6.07, 6.45) is 1.81. The predicted molar refractivity (Wildman–Crippen MR) is 50.0 cm³/mol. The van der Waals surface area contributed by atoms with Gasteiger partial charge < -0.3 is 0 Å². The van der Waals surface area contributed by atoms with Crippen LogP contribution in [0.1, 0.15) is 20.8 Å². The van der Waals surface area contributed by atoms with E-state index in [4.69, 9.17) is 0 Å². The fourth-order valence-electron chi connectivity index (χ4n) is 0.853. The van der Waals surface area contributed by atoms with Crippen LogP contribution < -0.4 is 0 Å². The van der Waals surface area contributed by atoms with E-state index in [1.807, 2.05) is 13.2 Å². The lowest BCUT2D eigenvalue weighted by Gasteiger charge is -2.20. The third-order valence-electron chi connectivity index (χ3n) is 1.52. The second-order valence-electron chi connectivity index (χ2n) is 3.41. The third-order valence-corrected chi connectivity index (χ3v) is 4.56. The van der Waals surface area contributed by atoms with Gasteiger partial charge in [-0.25, -0.2) is 0 Å². The highest BCUT2D eigenvalue weighted by Crippen LogP contribution is 2.14. The zero-order chi connectivity index (χ0) is 8.36. The molecule has 1 nitrogen and oxygen atoms in total. The smallest absolute Gasteiger partial charge is 0.00690 e. The minimum absolute atomic E-state index is 0.507. The van der Waals surface area contributed by atoms with Gasteiger partial charge in [-0.15, -0.1) is 0 Å². The maximum atomic E-state index is 11.6. The fourth-order valence-corrected chi connectivity index (χ4v) is 2.56. The van der Waals surface area contributed by atoms with Crippen molar-refractivity contribution in [2.45, 2.75) is 20.8 Å². The van der Waals surface area contributed by atoms with E-state index < -0.39 is 9.93 Å². The van der Waals surface area contributed by atoms with Gasteiger partial charge in [0.2, 0.25) is 0 Å². The van der Waals surface area contributed by atoms with E-state index >= 15 is 0 Å². The maximum absolute atomic E-state index is 11.6. The van der Waals surface area contributed by atoms with Gasteiger partial charge in [0.05, 0.1) is 0 Å². The van der Waals surface area contributed by atoms with E-state index in [2.05, 4.69) is 20.4 Å². The Kier molecular flexibility index (Phi) is 3.29. The summed E-state index contributed by atoms with van der Waals surface area (Å²) in [6, 6.07) is 0. The van der Waals surface area contributed by atoms with Gasteiger partial charge in [0.15, 0.2) is 0 Å². The molecule has 0 bridgehead atoms. The first kappa shape index (κ1) is 9.89. The first-order chi connectivity index (χ1) is 4.36. The molecule has 0 aliphatic carbocycles. The van der Waals surface area contributed by atoms with Gasteiger partial charge >= 0.3 is 0 Å². The Labute approximate surface area is 64.9 Å². The maximum Gasteiger partial charge on any atom is 0.00690 e. The van der Waals surface area contributed by atoms with Crippen LogP contribution in [0.3, 0.4) is 0 Å². The molecule has 0 radical (unpaired) electrons. The van der Waals surface area contributed by atoms with E-state index in [9.17, 15) is 4.21 Å². The van der Waals surface area contributed by atoms with E-state index in [1.54, 1.807) is 0 Å². The minimum atomic E-state index is -2.02. The number of hydrogen-bond acceptors (Lipinski definition) is 1. The molecule has 0 saturated heterocycles. The Morgan fingerprint density at radius 3 is 2.10 bits per heavy atom. The molecule has 0 unspecified atom stereocenters. The Hall–Kier alpha value is -0.110. The van der Waals surface area contributed by atoms with Crippen LogP contribution in [-0.4, -0.2) is 16.2 Å². The van der Waals surface area contributed by atoms with Crippen LogP contribution in [0.4, 0.5) is 0 Å². The molecule has 0 spiro atoms. The Morgan fingerprint density at radius 2 is 2.00 bits per heavy atom. The van der Waals surface area contributed by atoms with Crippen LogP contribution in [0.25, 0.3) is 0 Å². The monoisotopic (exact) mass is 162 g/mol. The molecule has 0 aromatic rings. The molecule has 0 aliphatic heterocycles. The number of rotatable bonds is 3. The molecule has 0 N–H and O–H groups in total. The summed E-state index contributed by atoms with van der Waals surface area (Å²) in [5.41, 5.74) is 0. The predicted octanol–water partition coefficient (Wildman–Crippen LogP) is 1.82. The summed E-state index contributed by atoms with van der Waals surface area (Å²) >= 11 is 0. The van der Waals surface area contributed by atoms with Crippen molar-refractivity contribution >= 4 is 9.93 Å². The van der Waals surface area contributed by atoms with Crippen molar-refractivity contribution in [1.29, 1.82) is 0 Å². The van der Waals surface area contributed by atoms with E-state index in [0.717, 1.165) is 10.7 Å². The van der Waals surface area contributed by atoms with Gasteiger partial charge in [0, 0.05) is 5.75 Å². The zero-order valence-corrected chi connectivity index (χ0v) is 8.24. The highest BCUT2D eigenvalue weighted by molar-refractivity contribution is 8.05. The van der Waals surface area contributed by atoms with Gasteiger partial charge in [-0.05, 0) is 24.0 Å². The average molecular weight is 162 g/mol. The third kappa shape index (κ3) is 3.16. The van der Waals surface area contributed by atoms with Gasteiger partial charge in [0.25, 0.3) is 0 Å². The first-order valence-electron chi connectivity index (χ1n) is 3.59. The first-order valence-corrected chi connectivity index (χ1v) is 5.93. The molecule has 62 valence electrons. The summed E-state index contributed by atoms with van der Waals surface area (Å²) in [7, 11) is -2.02. The van der Waals surface area contributed by atoms with Crippen LogP contribution in [0.5, 0.6) is 0 Å². The molecule has 0 saturated carbocycles. The van der Waals surface area contributed by atoms with Crippen molar-refractivity contribution in [2.24, 2.45) is 5.92 Å². The molecular weight excluding hydrogens is 144 g/mol. The lowest BCUT2D eigenvalue weighted by molar-refractivity contribution is 0.659. The van der Waals surface area contributed by atoms with Gasteiger partial charge in [-0.2, -0.15) is 0 Å². The Morgan fingerprint density at radius 1 is 1.60 bits per heavy atom. The SMILES string of the molecule is C=C(C)[SH](C)(=O)CC(C)C. The molecule has 0 atom stereocenters. The Balaban J connectivity index is 4.15. The lowest BCUT2D eigenvalue weighted by Crippen LogP contribution is -2.18. The molecular formula is C8H18OS. The van der Waals surface area contributed by atoms with E-state index in [-0.39, 0.29) is 0 Å². The molecule has 0 heterocycles. The second-order valence-corrected chi connectivity index (χ2v) is 6.74. The van der Waals surface area contributed by atoms with Crippen molar-refractivity contribution in [3.8, 4) is 0 Å². The van der Waals surface area contributed by atoms with Gasteiger partial charge in [-0.1, -0.05) is 30.4 Å². The molecule has 0 amide bonds. The summed E-state index contributed by atoms with van der Waals surface area (Å²) in [6.45, 7) is 9.73. The van der Waals surface area contributed by atoms with Crippen molar-refractivity contribution < 1.29 is 4.21 Å². The summed E-state index contributed by atoms with van der Waals surface area (Å²) < 4.78 is 11.6. The lowest BCUT2D eigenvalue weighted by atomic mass is 10.3. The summed E-state index contributed by atoms with van der Waals surface area (Å²) in [5, 5.41) is 0.